The maximum atomic E-state index is 5.76. The van der Waals surface area contributed by atoms with Gasteiger partial charge in [-0.1, -0.05) is 0 Å². The Balaban J connectivity index is 2.48. The number of methoxy groups -OCH3 is 1. The van der Waals surface area contributed by atoms with Gasteiger partial charge in [-0.05, 0) is 25.1 Å². The first-order chi connectivity index (χ1) is 7.76. The van der Waals surface area contributed by atoms with Crippen molar-refractivity contribution in [1.29, 1.82) is 0 Å². The third-order valence-corrected chi connectivity index (χ3v) is 2.45. The summed E-state index contributed by atoms with van der Waals surface area (Å²) in [7, 11) is 1.60. The van der Waals surface area contributed by atoms with Crippen LogP contribution in [0.4, 0.5) is 5.69 Å². The number of aryl methyl sites for hydroxylation is 1. The predicted molar refractivity (Wildman–Crippen MR) is 62.1 cm³/mol. The van der Waals surface area contributed by atoms with E-state index in [9.17, 15) is 0 Å². The summed E-state index contributed by atoms with van der Waals surface area (Å²) in [5, 5.41) is 7.97. The lowest BCUT2D eigenvalue weighted by molar-refractivity contribution is 0.417. The van der Waals surface area contributed by atoms with Gasteiger partial charge in [0.05, 0.1) is 12.8 Å². The van der Waals surface area contributed by atoms with Gasteiger partial charge in [0.25, 0.3) is 0 Å². The summed E-state index contributed by atoms with van der Waals surface area (Å²) in [4.78, 5) is 0. The molecule has 1 aromatic heterocycles. The number of benzene rings is 1. The Labute approximate surface area is 93.9 Å². The van der Waals surface area contributed by atoms with Crippen LogP contribution in [-0.2, 0) is 6.54 Å². The number of ether oxygens (including phenoxy) is 1. The normalized spacial score (nSPS) is 10.4. The van der Waals surface area contributed by atoms with Crippen molar-refractivity contribution >= 4 is 5.69 Å². The Hall–Kier alpha value is -2.04. The summed E-state index contributed by atoms with van der Waals surface area (Å²) in [5.74, 6) is 1.48. The fourth-order valence-corrected chi connectivity index (χ4v) is 1.56. The van der Waals surface area contributed by atoms with Crippen LogP contribution in [0.2, 0.25) is 0 Å². The summed E-state index contributed by atoms with van der Waals surface area (Å²) >= 11 is 0. The molecule has 1 heterocycles. The molecule has 0 fully saturated rings. The average Bonchev–Trinajstić information content (AvgIpc) is 2.78. The van der Waals surface area contributed by atoms with E-state index in [1.54, 1.807) is 13.4 Å². The van der Waals surface area contributed by atoms with Crippen molar-refractivity contribution < 1.29 is 4.74 Å². The van der Waals surface area contributed by atoms with Crippen molar-refractivity contribution in [3.63, 3.8) is 0 Å². The molecule has 2 aromatic rings. The van der Waals surface area contributed by atoms with Gasteiger partial charge in [0, 0.05) is 12.1 Å². The second-order valence-corrected chi connectivity index (χ2v) is 3.40. The third-order valence-electron chi connectivity index (χ3n) is 2.45. The maximum Gasteiger partial charge on any atom is 0.163 e. The van der Waals surface area contributed by atoms with Crippen LogP contribution in [-0.4, -0.2) is 21.9 Å². The number of nitrogens with two attached hydrogens (primary N) is 1. The van der Waals surface area contributed by atoms with Crippen LogP contribution in [0.1, 0.15) is 6.92 Å². The van der Waals surface area contributed by atoms with E-state index >= 15 is 0 Å². The molecule has 0 saturated carbocycles. The zero-order valence-electron chi connectivity index (χ0n) is 9.34. The van der Waals surface area contributed by atoms with Crippen LogP contribution >= 0.6 is 0 Å². The number of anilines is 1. The molecule has 5 nitrogen and oxygen atoms in total. The molecule has 0 bridgehead atoms. The van der Waals surface area contributed by atoms with E-state index in [1.807, 2.05) is 29.7 Å². The molecule has 84 valence electrons. The number of aromatic nitrogens is 3. The van der Waals surface area contributed by atoms with Gasteiger partial charge in [-0.15, -0.1) is 10.2 Å². The minimum Gasteiger partial charge on any atom is -0.495 e. The van der Waals surface area contributed by atoms with E-state index in [4.69, 9.17) is 10.5 Å². The molecular weight excluding hydrogens is 204 g/mol. The molecule has 0 saturated heterocycles. The van der Waals surface area contributed by atoms with Crippen LogP contribution in [0.3, 0.4) is 0 Å². The third kappa shape index (κ3) is 1.71. The minimum atomic E-state index is 0.619. The van der Waals surface area contributed by atoms with Crippen LogP contribution in [0, 0.1) is 0 Å². The number of rotatable bonds is 3. The van der Waals surface area contributed by atoms with Crippen molar-refractivity contribution in [2.45, 2.75) is 13.5 Å². The largest absolute Gasteiger partial charge is 0.495 e. The van der Waals surface area contributed by atoms with Crippen LogP contribution in [0.15, 0.2) is 24.5 Å². The molecule has 0 atom stereocenters. The van der Waals surface area contributed by atoms with Gasteiger partial charge < -0.3 is 15.0 Å². The SMILES string of the molecule is CCn1cnnc1-c1ccc(N)c(OC)c1. The minimum absolute atomic E-state index is 0.619. The monoisotopic (exact) mass is 218 g/mol. The lowest BCUT2D eigenvalue weighted by atomic mass is 10.2. The number of hydrogen-bond donors (Lipinski definition) is 1. The van der Waals surface area contributed by atoms with E-state index in [1.165, 1.54) is 0 Å². The Kier molecular flexibility index (Phi) is 2.76. The standard InChI is InChI=1S/C11H14N4O/c1-3-15-7-13-14-11(15)8-4-5-9(12)10(6-8)16-2/h4-7H,3,12H2,1-2H3. The van der Waals surface area contributed by atoms with E-state index in [-0.39, 0.29) is 0 Å². The predicted octanol–water partition coefficient (Wildman–Crippen LogP) is 1.56. The molecule has 5 heteroatoms. The van der Waals surface area contributed by atoms with Gasteiger partial charge in [0.15, 0.2) is 5.82 Å². The Morgan fingerprint density at radius 1 is 1.44 bits per heavy atom. The van der Waals surface area contributed by atoms with E-state index in [0.29, 0.717) is 11.4 Å². The molecule has 0 spiro atoms. The molecule has 0 unspecified atom stereocenters. The molecule has 2 rings (SSSR count). The molecule has 2 N–H and O–H groups in total. The average molecular weight is 218 g/mol. The second-order valence-electron chi connectivity index (χ2n) is 3.40. The summed E-state index contributed by atoms with van der Waals surface area (Å²) in [5.41, 5.74) is 7.32. The first kappa shape index (κ1) is 10.5. The van der Waals surface area contributed by atoms with Gasteiger partial charge in [-0.25, -0.2) is 0 Å². The van der Waals surface area contributed by atoms with Gasteiger partial charge in [0.2, 0.25) is 0 Å². The van der Waals surface area contributed by atoms with Gasteiger partial charge in [-0.3, -0.25) is 0 Å². The van der Waals surface area contributed by atoms with Crippen molar-refractivity contribution in [3.05, 3.63) is 24.5 Å². The molecular formula is C11H14N4O. The number of nitrogens with zero attached hydrogens (tertiary/aromatic N) is 3. The number of hydrogen-bond acceptors (Lipinski definition) is 4. The zero-order valence-corrected chi connectivity index (χ0v) is 9.34. The quantitative estimate of drug-likeness (QED) is 0.794. The van der Waals surface area contributed by atoms with Gasteiger partial charge in [0.1, 0.15) is 12.1 Å². The topological polar surface area (TPSA) is 66.0 Å². The van der Waals surface area contributed by atoms with Crippen molar-refractivity contribution in [2.75, 3.05) is 12.8 Å². The highest BCUT2D eigenvalue weighted by atomic mass is 16.5. The molecule has 0 amide bonds. The maximum absolute atomic E-state index is 5.76. The summed E-state index contributed by atoms with van der Waals surface area (Å²) in [6, 6.07) is 5.59. The summed E-state index contributed by atoms with van der Waals surface area (Å²) in [6.45, 7) is 2.87. The first-order valence-corrected chi connectivity index (χ1v) is 5.08. The van der Waals surface area contributed by atoms with Crippen LogP contribution in [0.25, 0.3) is 11.4 Å². The molecule has 0 aliphatic carbocycles. The van der Waals surface area contributed by atoms with Crippen molar-refractivity contribution in [1.82, 2.24) is 14.8 Å². The zero-order chi connectivity index (χ0) is 11.5. The smallest absolute Gasteiger partial charge is 0.163 e. The van der Waals surface area contributed by atoms with Crippen molar-refractivity contribution in [2.24, 2.45) is 0 Å². The summed E-state index contributed by atoms with van der Waals surface area (Å²) < 4.78 is 7.14. The molecule has 16 heavy (non-hydrogen) atoms. The summed E-state index contributed by atoms with van der Waals surface area (Å²) in [6.07, 6.45) is 1.71. The highest BCUT2D eigenvalue weighted by molar-refractivity contribution is 5.65. The molecule has 0 aliphatic heterocycles. The van der Waals surface area contributed by atoms with Gasteiger partial charge in [-0.2, -0.15) is 0 Å². The molecule has 0 aliphatic rings. The second kappa shape index (κ2) is 4.22. The molecule has 0 radical (unpaired) electrons. The van der Waals surface area contributed by atoms with Crippen LogP contribution < -0.4 is 10.5 Å². The lowest BCUT2D eigenvalue weighted by Gasteiger charge is -2.07. The fraction of sp³-hybridized carbons (Fsp3) is 0.273. The van der Waals surface area contributed by atoms with E-state index in [0.717, 1.165) is 17.9 Å². The fourth-order valence-electron chi connectivity index (χ4n) is 1.56. The van der Waals surface area contributed by atoms with E-state index < -0.39 is 0 Å². The Morgan fingerprint density at radius 3 is 2.94 bits per heavy atom. The Bertz CT molecular complexity index is 492. The van der Waals surface area contributed by atoms with Crippen LogP contribution in [0.5, 0.6) is 5.75 Å². The Morgan fingerprint density at radius 2 is 2.25 bits per heavy atom. The highest BCUT2D eigenvalue weighted by Gasteiger charge is 2.08. The van der Waals surface area contributed by atoms with Gasteiger partial charge >= 0.3 is 0 Å². The lowest BCUT2D eigenvalue weighted by Crippen LogP contribution is -1.97. The first-order valence-electron chi connectivity index (χ1n) is 5.08. The highest BCUT2D eigenvalue weighted by Crippen LogP contribution is 2.27. The molecule has 1 aromatic carbocycles. The van der Waals surface area contributed by atoms with E-state index in [2.05, 4.69) is 10.2 Å². The van der Waals surface area contributed by atoms with Crippen molar-refractivity contribution in [3.8, 4) is 17.1 Å². The number of nitrogen functional groups attached to an aromatic ring is 1.